The number of hydrogen-bond acceptors (Lipinski definition) is 2. The van der Waals surface area contributed by atoms with Crippen molar-refractivity contribution in [2.75, 3.05) is 12.3 Å². The van der Waals surface area contributed by atoms with E-state index in [1.807, 2.05) is 17.8 Å². The third kappa shape index (κ3) is 3.44. The van der Waals surface area contributed by atoms with E-state index < -0.39 is 0 Å². The van der Waals surface area contributed by atoms with E-state index in [-0.39, 0.29) is 0 Å². The van der Waals surface area contributed by atoms with Crippen LogP contribution in [0.25, 0.3) is 0 Å². The first-order valence-electron chi connectivity index (χ1n) is 3.75. The number of nitrogens with two attached hydrogens (primary N) is 1. The Labute approximate surface area is 72.0 Å². The molecule has 0 aliphatic rings. The van der Waals surface area contributed by atoms with E-state index >= 15 is 0 Å². The third-order valence-corrected chi connectivity index (χ3v) is 2.44. The molecule has 2 heteroatoms. The van der Waals surface area contributed by atoms with Crippen LogP contribution in [0, 0.1) is 0 Å². The van der Waals surface area contributed by atoms with Gasteiger partial charge in [-0.2, -0.15) is 11.8 Å². The highest BCUT2D eigenvalue weighted by Crippen LogP contribution is 2.09. The Morgan fingerprint density at radius 3 is 2.55 bits per heavy atom. The Hall–Kier alpha value is -0.470. The lowest BCUT2D eigenvalue weighted by molar-refractivity contribution is 1.15. The van der Waals surface area contributed by atoms with Crippen LogP contribution in [0.4, 0.5) is 0 Å². The van der Waals surface area contributed by atoms with Crippen LogP contribution in [-0.2, 0) is 5.75 Å². The maximum Gasteiger partial charge on any atom is 0.0185 e. The number of benzene rings is 1. The highest BCUT2D eigenvalue weighted by molar-refractivity contribution is 7.98. The van der Waals surface area contributed by atoms with Gasteiger partial charge in [0.15, 0.2) is 0 Å². The molecule has 0 saturated carbocycles. The zero-order valence-corrected chi connectivity index (χ0v) is 7.31. The van der Waals surface area contributed by atoms with E-state index in [2.05, 4.69) is 24.3 Å². The molecule has 0 aliphatic heterocycles. The lowest BCUT2D eigenvalue weighted by Crippen LogP contribution is -2.01. The zero-order chi connectivity index (χ0) is 7.94. The van der Waals surface area contributed by atoms with Crippen molar-refractivity contribution in [3.8, 4) is 0 Å². The van der Waals surface area contributed by atoms with Gasteiger partial charge in [0.2, 0.25) is 0 Å². The molecule has 1 rings (SSSR count). The molecule has 0 bridgehead atoms. The van der Waals surface area contributed by atoms with Crippen LogP contribution in [0.15, 0.2) is 30.3 Å². The second kappa shape index (κ2) is 5.22. The average molecular weight is 167 g/mol. The molecule has 1 aromatic carbocycles. The largest absolute Gasteiger partial charge is 0.330 e. The molecule has 0 aromatic heterocycles. The van der Waals surface area contributed by atoms with Crippen LogP contribution in [0.2, 0.25) is 0 Å². The van der Waals surface area contributed by atoms with Crippen molar-refractivity contribution in [2.24, 2.45) is 5.73 Å². The summed E-state index contributed by atoms with van der Waals surface area (Å²) in [6.45, 7) is 0.775. The summed E-state index contributed by atoms with van der Waals surface area (Å²) in [6.07, 6.45) is 0. The maximum absolute atomic E-state index is 5.37. The Kier molecular flexibility index (Phi) is 4.09. The van der Waals surface area contributed by atoms with Crippen molar-refractivity contribution in [1.82, 2.24) is 0 Å². The van der Waals surface area contributed by atoms with Gasteiger partial charge in [-0.15, -0.1) is 0 Å². The summed E-state index contributed by atoms with van der Waals surface area (Å²) in [6, 6.07) is 10.5. The molecule has 1 nitrogen and oxygen atoms in total. The van der Waals surface area contributed by atoms with Gasteiger partial charge in [0.25, 0.3) is 0 Å². The van der Waals surface area contributed by atoms with E-state index in [4.69, 9.17) is 5.73 Å². The average Bonchev–Trinajstić information content (AvgIpc) is 2.07. The van der Waals surface area contributed by atoms with Crippen LogP contribution in [0.1, 0.15) is 5.56 Å². The SMILES string of the molecule is NCCSCc1ccccc1. The predicted octanol–water partition coefficient (Wildman–Crippen LogP) is 1.88. The number of thioether (sulfide) groups is 1. The van der Waals surface area contributed by atoms with Crippen molar-refractivity contribution in [3.63, 3.8) is 0 Å². The molecule has 0 spiro atoms. The summed E-state index contributed by atoms with van der Waals surface area (Å²) in [5.41, 5.74) is 6.75. The van der Waals surface area contributed by atoms with Gasteiger partial charge >= 0.3 is 0 Å². The standard InChI is InChI=1S/C9H13NS/c10-6-7-11-8-9-4-2-1-3-5-9/h1-5H,6-8,10H2. The molecule has 0 atom stereocenters. The summed E-state index contributed by atoms with van der Waals surface area (Å²) in [4.78, 5) is 0. The molecular weight excluding hydrogens is 154 g/mol. The fraction of sp³-hybridized carbons (Fsp3) is 0.333. The van der Waals surface area contributed by atoms with Crippen molar-refractivity contribution < 1.29 is 0 Å². The van der Waals surface area contributed by atoms with Crippen molar-refractivity contribution in [2.45, 2.75) is 5.75 Å². The Bertz CT molecular complexity index is 186. The van der Waals surface area contributed by atoms with E-state index in [1.165, 1.54) is 5.56 Å². The molecule has 0 heterocycles. The highest BCUT2D eigenvalue weighted by Gasteiger charge is 1.89. The zero-order valence-electron chi connectivity index (χ0n) is 6.49. The van der Waals surface area contributed by atoms with Gasteiger partial charge in [-0.1, -0.05) is 30.3 Å². The van der Waals surface area contributed by atoms with Gasteiger partial charge in [0, 0.05) is 18.1 Å². The molecule has 2 N–H and O–H groups in total. The van der Waals surface area contributed by atoms with Gasteiger partial charge in [0.05, 0.1) is 0 Å². The second-order valence-corrected chi connectivity index (χ2v) is 3.43. The number of hydrogen-bond donors (Lipinski definition) is 1. The molecular formula is C9H13NS. The van der Waals surface area contributed by atoms with Crippen LogP contribution in [0.5, 0.6) is 0 Å². The second-order valence-electron chi connectivity index (χ2n) is 2.33. The van der Waals surface area contributed by atoms with Crippen molar-refractivity contribution in [3.05, 3.63) is 35.9 Å². The van der Waals surface area contributed by atoms with Gasteiger partial charge in [0.1, 0.15) is 0 Å². The topological polar surface area (TPSA) is 26.0 Å². The fourth-order valence-corrected chi connectivity index (χ4v) is 1.59. The highest BCUT2D eigenvalue weighted by atomic mass is 32.2. The molecule has 0 aliphatic carbocycles. The van der Waals surface area contributed by atoms with Gasteiger partial charge in [-0.05, 0) is 5.56 Å². The first-order chi connectivity index (χ1) is 5.43. The van der Waals surface area contributed by atoms with E-state index in [0.29, 0.717) is 0 Å². The van der Waals surface area contributed by atoms with Crippen LogP contribution >= 0.6 is 11.8 Å². The normalized spacial score (nSPS) is 9.91. The Balaban J connectivity index is 2.28. The Morgan fingerprint density at radius 1 is 1.18 bits per heavy atom. The number of rotatable bonds is 4. The summed E-state index contributed by atoms with van der Waals surface area (Å²) in [7, 11) is 0. The quantitative estimate of drug-likeness (QED) is 0.693. The van der Waals surface area contributed by atoms with E-state index in [0.717, 1.165) is 18.1 Å². The minimum absolute atomic E-state index is 0.775. The molecule has 0 saturated heterocycles. The third-order valence-electron chi connectivity index (χ3n) is 1.37. The van der Waals surface area contributed by atoms with Gasteiger partial charge in [-0.3, -0.25) is 0 Å². The van der Waals surface area contributed by atoms with Crippen LogP contribution in [-0.4, -0.2) is 12.3 Å². The summed E-state index contributed by atoms with van der Waals surface area (Å²) in [5.74, 6) is 2.13. The van der Waals surface area contributed by atoms with Crippen molar-refractivity contribution in [1.29, 1.82) is 0 Å². The minimum atomic E-state index is 0.775. The fourth-order valence-electron chi connectivity index (χ4n) is 0.848. The molecule has 60 valence electrons. The van der Waals surface area contributed by atoms with Crippen LogP contribution in [0.3, 0.4) is 0 Å². The molecule has 11 heavy (non-hydrogen) atoms. The Morgan fingerprint density at radius 2 is 1.91 bits per heavy atom. The summed E-state index contributed by atoms with van der Waals surface area (Å²) < 4.78 is 0. The lowest BCUT2D eigenvalue weighted by Gasteiger charge is -1.98. The van der Waals surface area contributed by atoms with Gasteiger partial charge in [-0.25, -0.2) is 0 Å². The lowest BCUT2D eigenvalue weighted by atomic mass is 10.2. The first-order valence-corrected chi connectivity index (χ1v) is 4.90. The molecule has 0 radical (unpaired) electrons. The predicted molar refractivity (Wildman–Crippen MR) is 51.7 cm³/mol. The molecule has 0 fully saturated rings. The van der Waals surface area contributed by atoms with E-state index in [1.54, 1.807) is 0 Å². The first kappa shape index (κ1) is 8.62. The monoisotopic (exact) mass is 167 g/mol. The van der Waals surface area contributed by atoms with Crippen LogP contribution < -0.4 is 5.73 Å². The minimum Gasteiger partial charge on any atom is -0.330 e. The smallest absolute Gasteiger partial charge is 0.0185 e. The summed E-state index contributed by atoms with van der Waals surface area (Å²) in [5, 5.41) is 0. The van der Waals surface area contributed by atoms with Gasteiger partial charge < -0.3 is 5.73 Å². The van der Waals surface area contributed by atoms with E-state index in [9.17, 15) is 0 Å². The maximum atomic E-state index is 5.37. The molecule has 0 amide bonds. The summed E-state index contributed by atoms with van der Waals surface area (Å²) >= 11 is 1.88. The molecule has 1 aromatic rings. The van der Waals surface area contributed by atoms with Crippen molar-refractivity contribution >= 4 is 11.8 Å². The molecule has 0 unspecified atom stereocenters.